The van der Waals surface area contributed by atoms with Crippen LogP contribution in [0, 0.1) is 0 Å². The van der Waals surface area contributed by atoms with E-state index in [1.165, 1.54) is 0 Å². The molecular formula is C12H23N3O2. The summed E-state index contributed by atoms with van der Waals surface area (Å²) in [5.74, 6) is 0. The van der Waals surface area contributed by atoms with Crippen LogP contribution in [-0.4, -0.2) is 49.1 Å². The maximum atomic E-state index is 5.46. The van der Waals surface area contributed by atoms with E-state index in [0.717, 1.165) is 39.3 Å². The van der Waals surface area contributed by atoms with Gasteiger partial charge in [-0.2, -0.15) is 0 Å². The molecule has 0 amide bonds. The average Bonchev–Trinajstić information content (AvgIpc) is 2.80. The molecule has 0 saturated heterocycles. The van der Waals surface area contributed by atoms with Gasteiger partial charge in [0, 0.05) is 51.8 Å². The fraction of sp³-hybridized carbons (Fsp3) is 0.750. The zero-order chi connectivity index (χ0) is 12.3. The molecule has 5 heteroatoms. The predicted octanol–water partition coefficient (Wildman–Crippen LogP) is 0.914. The molecule has 0 aliphatic rings. The fourth-order valence-electron chi connectivity index (χ4n) is 1.56. The molecule has 5 nitrogen and oxygen atoms in total. The first-order valence-corrected chi connectivity index (χ1v) is 6.08. The lowest BCUT2D eigenvalue weighted by molar-refractivity contribution is 0.103. The monoisotopic (exact) mass is 241 g/mol. The third-order valence-corrected chi connectivity index (χ3v) is 2.42. The minimum Gasteiger partial charge on any atom is -0.385 e. The first kappa shape index (κ1) is 14.2. The van der Waals surface area contributed by atoms with Gasteiger partial charge in [0.05, 0.1) is 12.9 Å². The Bertz CT molecular complexity index is 265. The van der Waals surface area contributed by atoms with Crippen LogP contribution in [0.1, 0.15) is 13.3 Å². The van der Waals surface area contributed by atoms with Gasteiger partial charge in [-0.1, -0.05) is 0 Å². The molecule has 17 heavy (non-hydrogen) atoms. The summed E-state index contributed by atoms with van der Waals surface area (Å²) in [5.41, 5.74) is 0. The molecule has 1 aromatic rings. The summed E-state index contributed by atoms with van der Waals surface area (Å²) in [7, 11) is 1.71. The van der Waals surface area contributed by atoms with Crippen molar-refractivity contribution in [2.24, 2.45) is 0 Å². The summed E-state index contributed by atoms with van der Waals surface area (Å²) >= 11 is 0. The SMILES string of the molecule is COCCCOCCNC(C)Cn1ccnc1. The quantitative estimate of drug-likeness (QED) is 0.619. The molecule has 1 unspecified atom stereocenters. The number of nitrogens with zero attached hydrogens (tertiary/aromatic N) is 2. The van der Waals surface area contributed by atoms with Crippen LogP contribution in [0.2, 0.25) is 0 Å². The van der Waals surface area contributed by atoms with Crippen LogP contribution < -0.4 is 5.32 Å². The van der Waals surface area contributed by atoms with Crippen molar-refractivity contribution in [1.29, 1.82) is 0 Å². The number of methoxy groups -OCH3 is 1. The first-order chi connectivity index (χ1) is 8.33. The van der Waals surface area contributed by atoms with Gasteiger partial charge in [-0.15, -0.1) is 0 Å². The second kappa shape index (κ2) is 9.15. The standard InChI is InChI=1S/C12H23N3O2/c1-12(10-15-6-4-13-11-15)14-5-9-17-8-3-7-16-2/h4,6,11-12,14H,3,5,7-10H2,1-2H3. The van der Waals surface area contributed by atoms with Gasteiger partial charge in [0.15, 0.2) is 0 Å². The Hall–Kier alpha value is -0.910. The molecule has 0 aliphatic heterocycles. The molecule has 98 valence electrons. The molecule has 1 heterocycles. The maximum Gasteiger partial charge on any atom is 0.0946 e. The highest BCUT2D eigenvalue weighted by molar-refractivity contribution is 4.76. The summed E-state index contributed by atoms with van der Waals surface area (Å²) in [6.45, 7) is 6.26. The lowest BCUT2D eigenvalue weighted by atomic mass is 10.3. The van der Waals surface area contributed by atoms with E-state index in [2.05, 4.69) is 21.8 Å². The molecule has 1 N–H and O–H groups in total. The molecule has 0 aliphatic carbocycles. The fourth-order valence-corrected chi connectivity index (χ4v) is 1.56. The van der Waals surface area contributed by atoms with Crippen LogP contribution in [0.25, 0.3) is 0 Å². The molecule has 0 aromatic carbocycles. The second-order valence-corrected chi connectivity index (χ2v) is 4.07. The highest BCUT2D eigenvalue weighted by Crippen LogP contribution is 1.91. The Labute approximate surface area is 103 Å². The van der Waals surface area contributed by atoms with Gasteiger partial charge in [-0.05, 0) is 13.3 Å². The molecular weight excluding hydrogens is 218 g/mol. The number of aromatic nitrogens is 2. The van der Waals surface area contributed by atoms with Gasteiger partial charge in [-0.25, -0.2) is 4.98 Å². The highest BCUT2D eigenvalue weighted by atomic mass is 16.5. The van der Waals surface area contributed by atoms with Gasteiger partial charge in [0.2, 0.25) is 0 Å². The van der Waals surface area contributed by atoms with E-state index >= 15 is 0 Å². The van der Waals surface area contributed by atoms with Crippen LogP contribution in [0.5, 0.6) is 0 Å². The second-order valence-electron chi connectivity index (χ2n) is 4.07. The van der Waals surface area contributed by atoms with Gasteiger partial charge in [0.1, 0.15) is 0 Å². The van der Waals surface area contributed by atoms with E-state index in [1.807, 2.05) is 12.5 Å². The van der Waals surface area contributed by atoms with E-state index in [9.17, 15) is 0 Å². The summed E-state index contributed by atoms with van der Waals surface area (Å²) in [4.78, 5) is 4.01. The number of nitrogens with one attached hydrogen (secondary N) is 1. The number of rotatable bonds is 10. The van der Waals surface area contributed by atoms with Gasteiger partial charge >= 0.3 is 0 Å². The predicted molar refractivity (Wildman–Crippen MR) is 67.0 cm³/mol. The smallest absolute Gasteiger partial charge is 0.0946 e. The Morgan fingerprint density at radius 1 is 1.35 bits per heavy atom. The van der Waals surface area contributed by atoms with E-state index in [0.29, 0.717) is 6.04 Å². The average molecular weight is 241 g/mol. The number of hydrogen-bond donors (Lipinski definition) is 1. The van der Waals surface area contributed by atoms with Crippen LogP contribution in [0.4, 0.5) is 0 Å². The van der Waals surface area contributed by atoms with Crippen molar-refractivity contribution < 1.29 is 9.47 Å². The molecule has 0 radical (unpaired) electrons. The molecule has 0 fully saturated rings. The van der Waals surface area contributed by atoms with E-state index < -0.39 is 0 Å². The van der Waals surface area contributed by atoms with Crippen molar-refractivity contribution in [1.82, 2.24) is 14.9 Å². The maximum absolute atomic E-state index is 5.46. The summed E-state index contributed by atoms with van der Waals surface area (Å²) in [6.07, 6.45) is 6.56. The summed E-state index contributed by atoms with van der Waals surface area (Å²) in [5, 5.41) is 3.41. The third kappa shape index (κ3) is 7.10. The van der Waals surface area contributed by atoms with Gasteiger partial charge in [0.25, 0.3) is 0 Å². The minimum absolute atomic E-state index is 0.423. The van der Waals surface area contributed by atoms with Crippen molar-refractivity contribution in [2.75, 3.05) is 33.5 Å². The summed E-state index contributed by atoms with van der Waals surface area (Å²) < 4.78 is 12.5. The zero-order valence-corrected chi connectivity index (χ0v) is 10.8. The normalized spacial score (nSPS) is 12.8. The van der Waals surface area contributed by atoms with Crippen molar-refractivity contribution in [3.63, 3.8) is 0 Å². The highest BCUT2D eigenvalue weighted by Gasteiger charge is 2.01. The molecule has 0 spiro atoms. The van der Waals surface area contributed by atoms with Crippen LogP contribution in [0.3, 0.4) is 0 Å². The largest absolute Gasteiger partial charge is 0.385 e. The third-order valence-electron chi connectivity index (χ3n) is 2.42. The zero-order valence-electron chi connectivity index (χ0n) is 10.8. The Morgan fingerprint density at radius 2 is 2.24 bits per heavy atom. The lowest BCUT2D eigenvalue weighted by Crippen LogP contribution is -2.32. The molecule has 0 saturated carbocycles. The number of imidazole rings is 1. The van der Waals surface area contributed by atoms with E-state index in [4.69, 9.17) is 9.47 Å². The molecule has 1 rings (SSSR count). The van der Waals surface area contributed by atoms with E-state index in [-0.39, 0.29) is 0 Å². The van der Waals surface area contributed by atoms with Crippen molar-refractivity contribution >= 4 is 0 Å². The van der Waals surface area contributed by atoms with Crippen molar-refractivity contribution in [2.45, 2.75) is 25.9 Å². The first-order valence-electron chi connectivity index (χ1n) is 6.08. The number of hydrogen-bond acceptors (Lipinski definition) is 4. The van der Waals surface area contributed by atoms with Crippen molar-refractivity contribution in [3.05, 3.63) is 18.7 Å². The van der Waals surface area contributed by atoms with E-state index in [1.54, 1.807) is 13.3 Å². The van der Waals surface area contributed by atoms with Crippen molar-refractivity contribution in [3.8, 4) is 0 Å². The molecule has 0 bridgehead atoms. The van der Waals surface area contributed by atoms with Gasteiger partial charge < -0.3 is 19.4 Å². The Morgan fingerprint density at radius 3 is 2.94 bits per heavy atom. The number of ether oxygens (including phenoxy) is 2. The Kier molecular flexibility index (Phi) is 7.62. The Balaban J connectivity index is 1.92. The van der Waals surface area contributed by atoms with Crippen LogP contribution in [-0.2, 0) is 16.0 Å². The molecule has 1 atom stereocenters. The van der Waals surface area contributed by atoms with Crippen LogP contribution >= 0.6 is 0 Å². The topological polar surface area (TPSA) is 48.3 Å². The van der Waals surface area contributed by atoms with Crippen LogP contribution in [0.15, 0.2) is 18.7 Å². The lowest BCUT2D eigenvalue weighted by Gasteiger charge is -2.14. The van der Waals surface area contributed by atoms with Gasteiger partial charge in [-0.3, -0.25) is 0 Å². The summed E-state index contributed by atoms with van der Waals surface area (Å²) in [6, 6.07) is 0.423. The molecule has 1 aromatic heterocycles. The minimum atomic E-state index is 0.423.